The van der Waals surface area contributed by atoms with Gasteiger partial charge in [-0.1, -0.05) is 5.16 Å². The van der Waals surface area contributed by atoms with Crippen LogP contribution in [0.2, 0.25) is 0 Å². The normalized spacial score (nSPS) is 18.6. The highest BCUT2D eigenvalue weighted by Gasteiger charge is 2.34. The van der Waals surface area contributed by atoms with E-state index in [0.29, 0.717) is 0 Å². The first-order valence-corrected chi connectivity index (χ1v) is 7.83. The number of aromatic nitrogens is 2. The number of oxime groups is 1. The summed E-state index contributed by atoms with van der Waals surface area (Å²) >= 11 is 0. The van der Waals surface area contributed by atoms with E-state index in [1.165, 1.54) is 0 Å². The summed E-state index contributed by atoms with van der Waals surface area (Å²) in [5.41, 5.74) is 1.28. The van der Waals surface area contributed by atoms with Crippen molar-refractivity contribution in [1.29, 1.82) is 0 Å². The molecule has 8 nitrogen and oxygen atoms in total. The van der Waals surface area contributed by atoms with Crippen LogP contribution in [0.1, 0.15) is 51.4 Å². The van der Waals surface area contributed by atoms with E-state index in [-0.39, 0.29) is 24.1 Å². The van der Waals surface area contributed by atoms with E-state index < -0.39 is 17.7 Å². The molecule has 1 N–H and O–H groups in total. The van der Waals surface area contributed by atoms with Gasteiger partial charge in [-0.25, -0.2) is 4.79 Å². The highest BCUT2D eigenvalue weighted by atomic mass is 16.7. The summed E-state index contributed by atoms with van der Waals surface area (Å²) in [6, 6.07) is -0.222. The van der Waals surface area contributed by atoms with Crippen molar-refractivity contribution in [3.05, 3.63) is 17.5 Å². The molecule has 2 heterocycles. The molecule has 8 heteroatoms. The number of carbonyl (C=O) groups is 2. The minimum absolute atomic E-state index is 0.0967. The largest absolute Gasteiger partial charge is 0.455 e. The molecule has 1 aliphatic heterocycles. The molecular weight excluding hydrogens is 312 g/mol. The third-order valence-corrected chi connectivity index (χ3v) is 3.47. The number of hydrogen-bond acceptors (Lipinski definition) is 6. The van der Waals surface area contributed by atoms with Crippen molar-refractivity contribution in [1.82, 2.24) is 15.1 Å². The maximum Gasteiger partial charge on any atom is 0.356 e. The highest BCUT2D eigenvalue weighted by Crippen LogP contribution is 2.19. The van der Waals surface area contributed by atoms with Crippen LogP contribution in [0, 0.1) is 6.92 Å². The molecule has 24 heavy (non-hydrogen) atoms. The molecule has 2 rings (SSSR count). The Kier molecular flexibility index (Phi) is 4.96. The third kappa shape index (κ3) is 4.33. The van der Waals surface area contributed by atoms with Crippen molar-refractivity contribution in [2.24, 2.45) is 12.2 Å². The predicted octanol–water partition coefficient (Wildman–Crippen LogP) is 1.39. The van der Waals surface area contributed by atoms with E-state index in [9.17, 15) is 9.59 Å². The quantitative estimate of drug-likeness (QED) is 0.839. The summed E-state index contributed by atoms with van der Waals surface area (Å²) in [4.78, 5) is 29.3. The first-order valence-electron chi connectivity index (χ1n) is 7.83. The number of hydrogen-bond donors (Lipinski definition) is 1. The standard InChI is InChI=1S/C16H24N4O4/c1-9(11-8-20(6)18-10(11)2)17-14(21)13-7-12(19-24-13)15(22)23-16(3,4)5/h8-9,13H,7H2,1-6H3,(H,17,21)/t9-,13-/m0/s1. The molecule has 0 bridgehead atoms. The summed E-state index contributed by atoms with van der Waals surface area (Å²) in [7, 11) is 1.83. The molecule has 0 radical (unpaired) electrons. The van der Waals surface area contributed by atoms with Crippen LogP contribution < -0.4 is 5.32 Å². The summed E-state index contributed by atoms with van der Waals surface area (Å²) in [5, 5.41) is 10.8. The first-order chi connectivity index (χ1) is 11.1. The molecular formula is C16H24N4O4. The van der Waals surface area contributed by atoms with Crippen LogP contribution in [-0.2, 0) is 26.2 Å². The average Bonchev–Trinajstić information content (AvgIpc) is 3.03. The van der Waals surface area contributed by atoms with Crippen molar-refractivity contribution in [2.75, 3.05) is 0 Å². The number of carbonyl (C=O) groups excluding carboxylic acids is 2. The van der Waals surface area contributed by atoms with E-state index in [4.69, 9.17) is 9.57 Å². The van der Waals surface area contributed by atoms with Gasteiger partial charge in [-0.2, -0.15) is 5.10 Å². The van der Waals surface area contributed by atoms with Gasteiger partial charge in [-0.05, 0) is 34.6 Å². The first kappa shape index (κ1) is 18.0. The molecule has 0 aliphatic carbocycles. The van der Waals surface area contributed by atoms with Crippen LogP contribution in [0.25, 0.3) is 0 Å². The molecule has 132 valence electrons. The average molecular weight is 336 g/mol. The Hall–Kier alpha value is -2.38. The molecule has 0 unspecified atom stereocenters. The van der Waals surface area contributed by atoms with E-state index >= 15 is 0 Å². The van der Waals surface area contributed by atoms with Crippen LogP contribution in [-0.4, -0.2) is 39.1 Å². The molecule has 0 fully saturated rings. The third-order valence-electron chi connectivity index (χ3n) is 3.47. The number of nitrogens with one attached hydrogen (secondary N) is 1. The van der Waals surface area contributed by atoms with Crippen LogP contribution in [0.3, 0.4) is 0 Å². The lowest BCUT2D eigenvalue weighted by Crippen LogP contribution is -2.37. The minimum Gasteiger partial charge on any atom is -0.455 e. The van der Waals surface area contributed by atoms with Crippen molar-refractivity contribution in [2.45, 2.75) is 58.8 Å². The minimum atomic E-state index is -0.827. The van der Waals surface area contributed by atoms with Gasteiger partial charge in [0.05, 0.1) is 11.7 Å². The van der Waals surface area contributed by atoms with E-state index in [1.54, 1.807) is 25.5 Å². The van der Waals surface area contributed by atoms with Gasteiger partial charge in [0.1, 0.15) is 5.60 Å². The Labute approximate surface area is 141 Å². The van der Waals surface area contributed by atoms with Crippen molar-refractivity contribution < 1.29 is 19.2 Å². The number of rotatable bonds is 4. The lowest BCUT2D eigenvalue weighted by Gasteiger charge is -2.19. The van der Waals surface area contributed by atoms with Gasteiger partial charge >= 0.3 is 5.97 Å². The van der Waals surface area contributed by atoms with Gasteiger partial charge < -0.3 is 14.9 Å². The Morgan fingerprint density at radius 1 is 1.46 bits per heavy atom. The summed E-state index contributed by atoms with van der Waals surface area (Å²) in [5.74, 6) is -0.887. The van der Waals surface area contributed by atoms with Gasteiger partial charge in [0.25, 0.3) is 5.91 Å². The summed E-state index contributed by atoms with van der Waals surface area (Å²) < 4.78 is 6.92. The van der Waals surface area contributed by atoms with Gasteiger partial charge in [-0.3, -0.25) is 9.48 Å². The van der Waals surface area contributed by atoms with Crippen LogP contribution >= 0.6 is 0 Å². The van der Waals surface area contributed by atoms with E-state index in [2.05, 4.69) is 15.6 Å². The van der Waals surface area contributed by atoms with Crippen LogP contribution in [0.5, 0.6) is 0 Å². The summed E-state index contributed by atoms with van der Waals surface area (Å²) in [6.07, 6.45) is 1.13. The molecule has 1 aromatic rings. The molecule has 1 aromatic heterocycles. The van der Waals surface area contributed by atoms with E-state index in [1.807, 2.05) is 27.1 Å². The molecule has 0 aromatic carbocycles. The molecule has 0 spiro atoms. The lowest BCUT2D eigenvalue weighted by molar-refractivity contribution is -0.146. The number of aryl methyl sites for hydroxylation is 2. The fourth-order valence-electron chi connectivity index (χ4n) is 2.40. The second-order valence-corrected chi connectivity index (χ2v) is 6.91. The Morgan fingerprint density at radius 3 is 2.67 bits per heavy atom. The molecule has 2 atom stereocenters. The molecule has 1 aliphatic rings. The molecule has 0 saturated carbocycles. The molecule has 1 amide bonds. The monoisotopic (exact) mass is 336 g/mol. The predicted molar refractivity (Wildman–Crippen MR) is 87.3 cm³/mol. The Bertz CT molecular complexity index is 672. The van der Waals surface area contributed by atoms with Crippen molar-refractivity contribution >= 4 is 17.6 Å². The van der Waals surface area contributed by atoms with Gasteiger partial charge in [0.15, 0.2) is 5.71 Å². The summed E-state index contributed by atoms with van der Waals surface area (Å²) in [6.45, 7) is 9.05. The number of ether oxygens (including phenoxy) is 1. The zero-order valence-corrected chi connectivity index (χ0v) is 14.9. The maximum atomic E-state index is 12.3. The second-order valence-electron chi connectivity index (χ2n) is 6.91. The fraction of sp³-hybridized carbons (Fsp3) is 0.625. The van der Waals surface area contributed by atoms with Gasteiger partial charge in [0.2, 0.25) is 6.10 Å². The van der Waals surface area contributed by atoms with Crippen LogP contribution in [0.4, 0.5) is 0 Å². The smallest absolute Gasteiger partial charge is 0.356 e. The number of esters is 1. The number of amides is 1. The van der Waals surface area contributed by atoms with E-state index in [0.717, 1.165) is 11.3 Å². The second kappa shape index (κ2) is 6.62. The van der Waals surface area contributed by atoms with Gasteiger partial charge in [0, 0.05) is 25.2 Å². The Balaban J connectivity index is 1.91. The number of nitrogens with zero attached hydrogens (tertiary/aromatic N) is 3. The maximum absolute atomic E-state index is 12.3. The zero-order valence-electron chi connectivity index (χ0n) is 14.9. The SMILES string of the molecule is Cc1nn(C)cc1[C@H](C)NC(=O)[C@@H]1CC(C(=O)OC(C)(C)C)=NO1. The van der Waals surface area contributed by atoms with Crippen molar-refractivity contribution in [3.63, 3.8) is 0 Å². The van der Waals surface area contributed by atoms with Crippen molar-refractivity contribution in [3.8, 4) is 0 Å². The molecule has 0 saturated heterocycles. The topological polar surface area (TPSA) is 94.8 Å². The van der Waals surface area contributed by atoms with Gasteiger partial charge in [-0.15, -0.1) is 0 Å². The lowest BCUT2D eigenvalue weighted by atomic mass is 10.1. The zero-order chi connectivity index (χ0) is 18.1. The highest BCUT2D eigenvalue weighted by molar-refractivity contribution is 6.37. The fourth-order valence-corrected chi connectivity index (χ4v) is 2.40. The van der Waals surface area contributed by atoms with Crippen LogP contribution in [0.15, 0.2) is 11.4 Å². The Morgan fingerprint density at radius 2 is 2.12 bits per heavy atom.